The molecule has 1 atom stereocenters. The number of pyridine rings is 1. The molecule has 0 bridgehead atoms. The lowest BCUT2D eigenvalue weighted by molar-refractivity contribution is 0.578. The molecule has 0 amide bonds. The third-order valence-electron chi connectivity index (χ3n) is 6.69. The van der Waals surface area contributed by atoms with Crippen LogP contribution in [0.3, 0.4) is 0 Å². The summed E-state index contributed by atoms with van der Waals surface area (Å²) >= 11 is 0. The molecule has 6 rings (SSSR count). The molecule has 1 unspecified atom stereocenters. The van der Waals surface area contributed by atoms with E-state index in [9.17, 15) is 0 Å². The first kappa shape index (κ1) is 18.9. The second-order valence-corrected chi connectivity index (χ2v) is 8.58. The Morgan fingerprint density at radius 1 is 1.12 bits per heavy atom. The molecule has 1 aliphatic carbocycles. The van der Waals surface area contributed by atoms with Gasteiger partial charge in [0.15, 0.2) is 5.65 Å². The van der Waals surface area contributed by atoms with Gasteiger partial charge in [-0.1, -0.05) is 30.4 Å². The van der Waals surface area contributed by atoms with E-state index in [1.807, 2.05) is 43.7 Å². The molecule has 1 aromatic carbocycles. The van der Waals surface area contributed by atoms with Gasteiger partial charge in [-0.05, 0) is 55.4 Å². The van der Waals surface area contributed by atoms with Gasteiger partial charge < -0.3 is 5.73 Å². The number of allylic oxidation sites excluding steroid dienone is 3. The highest BCUT2D eigenvalue weighted by Crippen LogP contribution is 2.37. The minimum Gasteiger partial charge on any atom is -0.383 e. The summed E-state index contributed by atoms with van der Waals surface area (Å²) in [4.78, 5) is 14.0. The molecular formula is C26H24N6. The van der Waals surface area contributed by atoms with Crippen molar-refractivity contribution in [2.45, 2.75) is 26.2 Å². The number of hydrogen-bond acceptors (Lipinski definition) is 5. The van der Waals surface area contributed by atoms with Gasteiger partial charge in [0.05, 0.1) is 24.0 Å². The maximum absolute atomic E-state index is 6.53. The number of hydrogen-bond donors (Lipinski definition) is 1. The predicted octanol–water partition coefficient (Wildman–Crippen LogP) is 5.03. The van der Waals surface area contributed by atoms with Crippen LogP contribution in [0.4, 0.5) is 5.82 Å². The molecule has 6 nitrogen and oxygen atoms in total. The summed E-state index contributed by atoms with van der Waals surface area (Å²) in [6, 6.07) is 10.3. The summed E-state index contributed by atoms with van der Waals surface area (Å²) in [5, 5.41) is 5.64. The van der Waals surface area contributed by atoms with Gasteiger partial charge in [-0.2, -0.15) is 9.61 Å². The maximum atomic E-state index is 6.53. The molecule has 4 heterocycles. The number of fused-ring (bicyclic) bond motifs is 2. The number of nitrogen functional groups attached to an aromatic ring is 1. The molecule has 2 aliphatic rings. The van der Waals surface area contributed by atoms with E-state index >= 15 is 0 Å². The molecule has 0 saturated heterocycles. The lowest BCUT2D eigenvalue weighted by atomic mass is 9.83. The third-order valence-corrected chi connectivity index (χ3v) is 6.69. The molecule has 1 aliphatic heterocycles. The van der Waals surface area contributed by atoms with Gasteiger partial charge in [0, 0.05) is 34.5 Å². The van der Waals surface area contributed by atoms with Crippen molar-refractivity contribution in [3.63, 3.8) is 0 Å². The molecule has 4 aromatic rings. The lowest BCUT2D eigenvalue weighted by Gasteiger charge is -2.23. The fourth-order valence-electron chi connectivity index (χ4n) is 4.82. The van der Waals surface area contributed by atoms with Gasteiger partial charge in [0.1, 0.15) is 5.82 Å². The van der Waals surface area contributed by atoms with E-state index in [2.05, 4.69) is 39.4 Å². The van der Waals surface area contributed by atoms with Crippen molar-refractivity contribution < 1.29 is 0 Å². The van der Waals surface area contributed by atoms with Crippen LogP contribution in [-0.4, -0.2) is 32.3 Å². The van der Waals surface area contributed by atoms with Crippen molar-refractivity contribution in [1.29, 1.82) is 0 Å². The topological polar surface area (TPSA) is 81.5 Å². The summed E-state index contributed by atoms with van der Waals surface area (Å²) < 4.78 is 1.75. The highest BCUT2D eigenvalue weighted by molar-refractivity contribution is 5.88. The Hall–Kier alpha value is -3.80. The Kier molecular flexibility index (Phi) is 4.38. The van der Waals surface area contributed by atoms with Crippen LogP contribution >= 0.6 is 0 Å². The first-order valence-electron chi connectivity index (χ1n) is 11.1. The van der Waals surface area contributed by atoms with Crippen LogP contribution in [0, 0.1) is 12.8 Å². The van der Waals surface area contributed by atoms with Crippen molar-refractivity contribution >= 4 is 34.2 Å². The number of nitrogens with zero attached hydrogens (tertiary/aromatic N) is 5. The average Bonchev–Trinajstić information content (AvgIpc) is 3.52. The zero-order valence-corrected chi connectivity index (χ0v) is 18.0. The molecule has 32 heavy (non-hydrogen) atoms. The summed E-state index contributed by atoms with van der Waals surface area (Å²) in [5.41, 5.74) is 14.8. The van der Waals surface area contributed by atoms with Crippen LogP contribution in [-0.2, 0) is 0 Å². The Morgan fingerprint density at radius 2 is 2.03 bits per heavy atom. The molecule has 0 saturated carbocycles. The van der Waals surface area contributed by atoms with Gasteiger partial charge >= 0.3 is 0 Å². The number of aliphatic imine (C=N–C) groups is 1. The lowest BCUT2D eigenvalue weighted by Crippen LogP contribution is -2.12. The summed E-state index contributed by atoms with van der Waals surface area (Å²) in [5.74, 6) is 1.19. The minimum absolute atomic E-state index is 0.556. The molecule has 3 aromatic heterocycles. The number of rotatable bonds is 3. The normalized spacial score (nSPS) is 18.3. The summed E-state index contributed by atoms with van der Waals surface area (Å²) in [6.45, 7) is 2.86. The average molecular weight is 421 g/mol. The summed E-state index contributed by atoms with van der Waals surface area (Å²) in [6.07, 6.45) is 13.4. The van der Waals surface area contributed by atoms with Crippen LogP contribution in [0.5, 0.6) is 0 Å². The van der Waals surface area contributed by atoms with Gasteiger partial charge in [-0.3, -0.25) is 9.98 Å². The fraction of sp³-hybridized carbons (Fsp3) is 0.231. The highest BCUT2D eigenvalue weighted by Gasteiger charge is 2.23. The predicted molar refractivity (Wildman–Crippen MR) is 130 cm³/mol. The monoisotopic (exact) mass is 420 g/mol. The second-order valence-electron chi connectivity index (χ2n) is 8.58. The molecular weight excluding hydrogens is 396 g/mol. The molecule has 6 heteroatoms. The van der Waals surface area contributed by atoms with Gasteiger partial charge in [-0.25, -0.2) is 4.98 Å². The maximum Gasteiger partial charge on any atom is 0.165 e. The summed E-state index contributed by atoms with van der Waals surface area (Å²) in [7, 11) is 0. The van der Waals surface area contributed by atoms with E-state index in [0.717, 1.165) is 64.7 Å². The highest BCUT2D eigenvalue weighted by atomic mass is 15.3. The smallest absolute Gasteiger partial charge is 0.165 e. The second kappa shape index (κ2) is 7.41. The van der Waals surface area contributed by atoms with E-state index in [-0.39, 0.29) is 0 Å². The van der Waals surface area contributed by atoms with E-state index in [1.54, 1.807) is 4.52 Å². The first-order valence-corrected chi connectivity index (χ1v) is 11.1. The van der Waals surface area contributed by atoms with Crippen LogP contribution in [0.1, 0.15) is 30.5 Å². The molecule has 2 N–H and O–H groups in total. The number of nitrogens with two attached hydrogens (primary N) is 1. The van der Waals surface area contributed by atoms with E-state index in [4.69, 9.17) is 10.7 Å². The Morgan fingerprint density at radius 3 is 2.84 bits per heavy atom. The fourth-order valence-corrected chi connectivity index (χ4v) is 4.82. The van der Waals surface area contributed by atoms with Crippen LogP contribution in [0.2, 0.25) is 0 Å². The van der Waals surface area contributed by atoms with Crippen LogP contribution in [0.25, 0.3) is 33.3 Å². The van der Waals surface area contributed by atoms with Gasteiger partial charge in [-0.15, -0.1) is 0 Å². The molecule has 0 fully saturated rings. The van der Waals surface area contributed by atoms with Crippen molar-refractivity contribution in [3.8, 4) is 11.1 Å². The van der Waals surface area contributed by atoms with Crippen LogP contribution in [0.15, 0.2) is 65.4 Å². The largest absolute Gasteiger partial charge is 0.383 e. The standard InChI is InChI=1S/C26H24N6/c1-16-24(18-8-6-17(7-9-18)20-10-11-28-13-20)31-26-22(15-30-32(26)25(16)27)21-12-19-4-2-3-5-23(19)29-14-21/h2-5,8,10,12-15,17H,6-7,9,11,27H2,1H3. The minimum atomic E-state index is 0.556. The zero-order chi connectivity index (χ0) is 21.7. The number of anilines is 1. The zero-order valence-electron chi connectivity index (χ0n) is 18.0. The number of benzene rings is 1. The van der Waals surface area contributed by atoms with Gasteiger partial charge in [0.2, 0.25) is 0 Å². The van der Waals surface area contributed by atoms with Crippen LogP contribution < -0.4 is 5.73 Å². The molecule has 0 radical (unpaired) electrons. The number of para-hydroxylation sites is 1. The quantitative estimate of drug-likeness (QED) is 0.504. The Labute approximate surface area is 186 Å². The van der Waals surface area contributed by atoms with Crippen molar-refractivity contribution in [2.24, 2.45) is 10.9 Å². The van der Waals surface area contributed by atoms with Crippen molar-refractivity contribution in [3.05, 3.63) is 71.7 Å². The van der Waals surface area contributed by atoms with Crippen molar-refractivity contribution in [2.75, 3.05) is 12.3 Å². The van der Waals surface area contributed by atoms with E-state index in [1.165, 1.54) is 11.1 Å². The van der Waals surface area contributed by atoms with E-state index in [0.29, 0.717) is 11.7 Å². The number of aromatic nitrogens is 4. The molecule has 0 spiro atoms. The van der Waals surface area contributed by atoms with Crippen molar-refractivity contribution in [1.82, 2.24) is 19.6 Å². The van der Waals surface area contributed by atoms with E-state index < -0.39 is 0 Å². The first-order chi connectivity index (χ1) is 15.7. The SMILES string of the molecule is Cc1c(C2=CCC(C3=CCN=C3)CC2)nc2c(-c3cnc4ccccc4c3)cnn2c1N. The Bertz CT molecular complexity index is 1460. The van der Waals surface area contributed by atoms with Gasteiger partial charge in [0.25, 0.3) is 0 Å². The Balaban J connectivity index is 1.43. The third kappa shape index (κ3) is 3.02. The molecule has 158 valence electrons.